The highest BCUT2D eigenvalue weighted by Gasteiger charge is 2.78. The SMILES string of the molecule is C=C1C(=O)C23CC1CC(OC(C)=O)C2C1(C)CC(O)C(OC(C)=O)C(C)(C)C1C(O)C3OC(C)=O. The maximum absolute atomic E-state index is 13.9. The van der Waals surface area contributed by atoms with Gasteiger partial charge in [-0.2, -0.15) is 0 Å². The first-order chi connectivity index (χ1) is 16.1. The number of rotatable bonds is 3. The molecule has 1 spiro atoms. The molecule has 0 heterocycles. The number of carbonyl (C=O) groups is 4. The second-order valence-electron chi connectivity index (χ2n) is 11.8. The Kier molecular flexibility index (Phi) is 6.00. The molecule has 4 fully saturated rings. The zero-order chi connectivity index (χ0) is 26.2. The molecule has 4 aliphatic rings. The molecule has 194 valence electrons. The van der Waals surface area contributed by atoms with E-state index in [9.17, 15) is 29.4 Å². The highest BCUT2D eigenvalue weighted by molar-refractivity contribution is 6.04. The van der Waals surface area contributed by atoms with E-state index >= 15 is 0 Å². The fraction of sp³-hybridized carbons (Fsp3) is 0.769. The predicted molar refractivity (Wildman–Crippen MR) is 121 cm³/mol. The van der Waals surface area contributed by atoms with Crippen LogP contribution in [0.25, 0.3) is 0 Å². The third-order valence-electron chi connectivity index (χ3n) is 9.25. The van der Waals surface area contributed by atoms with Crippen LogP contribution in [0, 0.1) is 34.0 Å². The highest BCUT2D eigenvalue weighted by Crippen LogP contribution is 2.72. The van der Waals surface area contributed by atoms with Crippen LogP contribution in [0.5, 0.6) is 0 Å². The number of hydrogen-bond donors (Lipinski definition) is 2. The van der Waals surface area contributed by atoms with E-state index in [0.29, 0.717) is 18.4 Å². The molecule has 0 aliphatic heterocycles. The first-order valence-electron chi connectivity index (χ1n) is 12.2. The van der Waals surface area contributed by atoms with Gasteiger partial charge in [0.05, 0.1) is 17.6 Å². The Bertz CT molecular complexity index is 985. The molecule has 9 heteroatoms. The number of fused-ring (bicyclic) bond motifs is 3. The quantitative estimate of drug-likeness (QED) is 0.343. The van der Waals surface area contributed by atoms with Crippen molar-refractivity contribution < 1.29 is 43.6 Å². The monoisotopic (exact) mass is 492 g/mol. The van der Waals surface area contributed by atoms with Crippen LogP contribution in [0.15, 0.2) is 12.2 Å². The second kappa shape index (κ2) is 8.13. The number of ether oxygens (including phenoxy) is 3. The first-order valence-corrected chi connectivity index (χ1v) is 12.2. The lowest BCUT2D eigenvalue weighted by molar-refractivity contribution is -0.297. The lowest BCUT2D eigenvalue weighted by atomic mass is 9.38. The lowest BCUT2D eigenvalue weighted by Crippen LogP contribution is -2.75. The third-order valence-corrected chi connectivity index (χ3v) is 9.25. The molecule has 10 atom stereocenters. The van der Waals surface area contributed by atoms with Crippen LogP contribution < -0.4 is 0 Å². The van der Waals surface area contributed by atoms with Crippen LogP contribution in [0.4, 0.5) is 0 Å². The molecule has 10 unspecified atom stereocenters. The summed E-state index contributed by atoms with van der Waals surface area (Å²) in [5, 5.41) is 23.1. The molecule has 0 saturated heterocycles. The minimum absolute atomic E-state index is 0.0947. The summed E-state index contributed by atoms with van der Waals surface area (Å²) in [6, 6.07) is 0. The van der Waals surface area contributed by atoms with Crippen molar-refractivity contribution in [3.8, 4) is 0 Å². The van der Waals surface area contributed by atoms with E-state index in [2.05, 4.69) is 6.58 Å². The first kappa shape index (κ1) is 25.8. The average molecular weight is 493 g/mol. The smallest absolute Gasteiger partial charge is 0.303 e. The molecule has 0 aromatic rings. The maximum atomic E-state index is 13.9. The van der Waals surface area contributed by atoms with Crippen LogP contribution in [0.3, 0.4) is 0 Å². The minimum Gasteiger partial charge on any atom is -0.462 e. The van der Waals surface area contributed by atoms with Gasteiger partial charge in [0.15, 0.2) is 5.78 Å². The molecule has 0 amide bonds. The van der Waals surface area contributed by atoms with Crippen molar-refractivity contribution in [1.82, 2.24) is 0 Å². The van der Waals surface area contributed by atoms with Gasteiger partial charge in [0.25, 0.3) is 0 Å². The standard InChI is InChI=1S/C26H36O9/c1-11-15-8-17(33-12(2)27)19-25(7)10-16(30)22(34-13(3)28)24(5,6)20(25)18(31)23(35-14(4)29)26(19,9-15)21(11)32/h15-20,22-23,30-31H,1,8-10H2,2-7H3. The summed E-state index contributed by atoms with van der Waals surface area (Å²) in [5.41, 5.74) is -2.88. The van der Waals surface area contributed by atoms with Gasteiger partial charge in [-0.05, 0) is 36.2 Å². The molecule has 4 saturated carbocycles. The van der Waals surface area contributed by atoms with Gasteiger partial charge in [0.1, 0.15) is 18.3 Å². The van der Waals surface area contributed by atoms with Crippen LogP contribution in [-0.4, -0.2) is 64.4 Å². The van der Waals surface area contributed by atoms with Gasteiger partial charge >= 0.3 is 17.9 Å². The molecule has 0 aromatic heterocycles. The molecular weight excluding hydrogens is 456 g/mol. The Labute approximate surface area is 205 Å². The van der Waals surface area contributed by atoms with Crippen molar-refractivity contribution >= 4 is 23.7 Å². The molecule has 0 aromatic carbocycles. The summed E-state index contributed by atoms with van der Waals surface area (Å²) in [4.78, 5) is 50.2. The molecule has 35 heavy (non-hydrogen) atoms. The number of Topliss-reactive ketones (excluding diaryl/α,β-unsaturated/α-hetero) is 1. The summed E-state index contributed by atoms with van der Waals surface area (Å²) in [6.07, 6.45) is -4.44. The molecular formula is C26H36O9. The molecule has 2 bridgehead atoms. The predicted octanol–water partition coefficient (Wildman–Crippen LogP) is 1.72. The van der Waals surface area contributed by atoms with E-state index in [0.717, 1.165) is 0 Å². The van der Waals surface area contributed by atoms with Crippen molar-refractivity contribution in [3.05, 3.63) is 12.2 Å². The summed E-state index contributed by atoms with van der Waals surface area (Å²) in [6.45, 7) is 13.3. The number of esters is 3. The molecule has 9 nitrogen and oxygen atoms in total. The number of carbonyl (C=O) groups excluding carboxylic acids is 4. The van der Waals surface area contributed by atoms with Crippen LogP contribution in [0.2, 0.25) is 0 Å². The van der Waals surface area contributed by atoms with E-state index in [1.807, 2.05) is 6.92 Å². The fourth-order valence-corrected chi connectivity index (χ4v) is 8.71. The Morgan fingerprint density at radius 1 is 0.886 bits per heavy atom. The molecule has 4 aliphatic carbocycles. The van der Waals surface area contributed by atoms with Crippen molar-refractivity contribution in [2.45, 2.75) is 91.3 Å². The van der Waals surface area contributed by atoms with Crippen LogP contribution in [-0.2, 0) is 33.4 Å². The summed E-state index contributed by atoms with van der Waals surface area (Å²) in [7, 11) is 0. The minimum atomic E-state index is -1.35. The Hall–Kier alpha value is -2.26. The van der Waals surface area contributed by atoms with E-state index in [1.165, 1.54) is 20.8 Å². The van der Waals surface area contributed by atoms with Crippen molar-refractivity contribution in [2.75, 3.05) is 0 Å². The van der Waals surface area contributed by atoms with E-state index in [4.69, 9.17) is 14.2 Å². The number of aliphatic hydroxyl groups excluding tert-OH is 2. The van der Waals surface area contributed by atoms with Crippen molar-refractivity contribution in [1.29, 1.82) is 0 Å². The largest absolute Gasteiger partial charge is 0.462 e. The highest BCUT2D eigenvalue weighted by atomic mass is 16.6. The average Bonchev–Trinajstić information content (AvgIpc) is 2.88. The zero-order valence-electron chi connectivity index (χ0n) is 21.2. The normalized spacial score (nSPS) is 45.7. The topological polar surface area (TPSA) is 136 Å². The van der Waals surface area contributed by atoms with Gasteiger partial charge in [0, 0.05) is 38.0 Å². The molecule has 2 N–H and O–H groups in total. The number of ketones is 1. The molecule has 4 rings (SSSR count). The lowest BCUT2D eigenvalue weighted by Gasteiger charge is -2.68. The number of hydrogen-bond acceptors (Lipinski definition) is 9. The van der Waals surface area contributed by atoms with Gasteiger partial charge < -0.3 is 24.4 Å². The Morgan fingerprint density at radius 3 is 1.97 bits per heavy atom. The van der Waals surface area contributed by atoms with E-state index < -0.39 is 76.5 Å². The number of aliphatic hydroxyl groups is 2. The van der Waals surface area contributed by atoms with Gasteiger partial charge in [0.2, 0.25) is 0 Å². The summed E-state index contributed by atoms with van der Waals surface area (Å²) >= 11 is 0. The number of allylic oxidation sites excluding steroid dienone is 1. The van der Waals surface area contributed by atoms with Crippen molar-refractivity contribution in [3.63, 3.8) is 0 Å². The molecule has 0 radical (unpaired) electrons. The Balaban J connectivity index is 1.96. The third kappa shape index (κ3) is 3.49. The van der Waals surface area contributed by atoms with Gasteiger partial charge in [-0.1, -0.05) is 27.4 Å². The van der Waals surface area contributed by atoms with Gasteiger partial charge in [-0.25, -0.2) is 0 Å². The van der Waals surface area contributed by atoms with Crippen LogP contribution in [0.1, 0.15) is 60.8 Å². The summed E-state index contributed by atoms with van der Waals surface area (Å²) in [5.74, 6) is -3.61. The summed E-state index contributed by atoms with van der Waals surface area (Å²) < 4.78 is 17.1. The maximum Gasteiger partial charge on any atom is 0.303 e. The second-order valence-corrected chi connectivity index (χ2v) is 11.8. The van der Waals surface area contributed by atoms with Crippen molar-refractivity contribution in [2.24, 2.45) is 34.0 Å². The van der Waals surface area contributed by atoms with E-state index in [-0.39, 0.29) is 18.1 Å². The van der Waals surface area contributed by atoms with Gasteiger partial charge in [-0.15, -0.1) is 0 Å². The fourth-order valence-electron chi connectivity index (χ4n) is 8.71. The van der Waals surface area contributed by atoms with E-state index in [1.54, 1.807) is 13.8 Å². The van der Waals surface area contributed by atoms with Crippen LogP contribution >= 0.6 is 0 Å². The zero-order valence-corrected chi connectivity index (χ0v) is 21.2. The van der Waals surface area contributed by atoms with Gasteiger partial charge in [-0.3, -0.25) is 19.2 Å². The Morgan fingerprint density at radius 2 is 1.43 bits per heavy atom.